The van der Waals surface area contributed by atoms with E-state index in [0.29, 0.717) is 23.6 Å². The van der Waals surface area contributed by atoms with E-state index in [4.69, 9.17) is 9.57 Å². The summed E-state index contributed by atoms with van der Waals surface area (Å²) in [5, 5.41) is 4.07. The molecule has 8 nitrogen and oxygen atoms in total. The van der Waals surface area contributed by atoms with Crippen molar-refractivity contribution in [2.45, 2.75) is 122 Å². The number of oxime groups is 1. The topological polar surface area (TPSA) is 86.0 Å². The van der Waals surface area contributed by atoms with E-state index >= 15 is 0 Å². The average molecular weight is 549 g/mol. The highest BCUT2D eigenvalue weighted by molar-refractivity contribution is 6.42. The molecule has 0 spiro atoms. The number of carbonyl (C=O) groups is 1. The molecule has 5 atom stereocenters. The maximum Gasteiger partial charge on any atom is 0.362 e. The SMILES string of the molecule is CCOC(=O)C(=NOC(C)C)c1nc2ccccc2n([C@H]2C[C@H]3CC[C@@H](C2)N3C2CC3CCCCC(C3)C2)c1=O. The van der Waals surface area contributed by atoms with Crippen LogP contribution in [-0.2, 0) is 14.4 Å². The van der Waals surface area contributed by atoms with Gasteiger partial charge in [0, 0.05) is 24.2 Å². The van der Waals surface area contributed by atoms with Crippen LogP contribution >= 0.6 is 0 Å². The quantitative estimate of drug-likeness (QED) is 0.254. The molecule has 2 saturated carbocycles. The molecule has 8 heteroatoms. The lowest BCUT2D eigenvalue weighted by molar-refractivity contribution is -0.135. The van der Waals surface area contributed by atoms with Crippen molar-refractivity contribution < 1.29 is 14.4 Å². The molecular weight excluding hydrogens is 504 g/mol. The summed E-state index contributed by atoms with van der Waals surface area (Å²) in [6.45, 7) is 5.55. The molecule has 0 N–H and O–H groups in total. The highest BCUT2D eigenvalue weighted by Gasteiger charge is 2.47. The van der Waals surface area contributed by atoms with E-state index in [-0.39, 0.29) is 35.7 Å². The van der Waals surface area contributed by atoms with Gasteiger partial charge in [-0.2, -0.15) is 0 Å². The maximum atomic E-state index is 14.2. The zero-order chi connectivity index (χ0) is 27.8. The van der Waals surface area contributed by atoms with Crippen LogP contribution in [0.4, 0.5) is 0 Å². The van der Waals surface area contributed by atoms with Gasteiger partial charge in [-0.25, -0.2) is 9.78 Å². The predicted molar refractivity (Wildman–Crippen MR) is 155 cm³/mol. The highest BCUT2D eigenvalue weighted by atomic mass is 16.6. The number of ether oxygens (including phenoxy) is 1. The Morgan fingerprint density at radius 1 is 0.950 bits per heavy atom. The molecule has 2 aliphatic heterocycles. The summed E-state index contributed by atoms with van der Waals surface area (Å²) in [4.78, 5) is 40.1. The summed E-state index contributed by atoms with van der Waals surface area (Å²) in [6.07, 6.45) is 13.8. The second-order valence-corrected chi connectivity index (χ2v) is 12.8. The van der Waals surface area contributed by atoms with Gasteiger partial charge >= 0.3 is 5.97 Å². The van der Waals surface area contributed by atoms with Crippen molar-refractivity contribution in [1.29, 1.82) is 0 Å². The minimum Gasteiger partial charge on any atom is -0.461 e. The Morgan fingerprint density at radius 3 is 2.27 bits per heavy atom. The van der Waals surface area contributed by atoms with Gasteiger partial charge in [0.2, 0.25) is 5.71 Å². The highest BCUT2D eigenvalue weighted by Crippen LogP contribution is 2.47. The minimum absolute atomic E-state index is 0.00364. The first-order chi connectivity index (χ1) is 19.4. The molecule has 0 radical (unpaired) electrons. The Balaban J connectivity index is 1.34. The Kier molecular flexibility index (Phi) is 7.98. The van der Waals surface area contributed by atoms with Crippen molar-refractivity contribution in [2.75, 3.05) is 6.61 Å². The summed E-state index contributed by atoms with van der Waals surface area (Å²) >= 11 is 0. The third-order valence-electron chi connectivity index (χ3n) is 9.75. The van der Waals surface area contributed by atoms with E-state index in [1.54, 1.807) is 6.92 Å². The van der Waals surface area contributed by atoms with Gasteiger partial charge in [-0.05, 0) is 89.7 Å². The van der Waals surface area contributed by atoms with Gasteiger partial charge in [-0.1, -0.05) is 43.0 Å². The molecule has 40 heavy (non-hydrogen) atoms. The van der Waals surface area contributed by atoms with Gasteiger partial charge in [0.15, 0.2) is 5.69 Å². The number of nitrogens with zero attached hydrogens (tertiary/aromatic N) is 4. The van der Waals surface area contributed by atoms with E-state index in [9.17, 15) is 9.59 Å². The van der Waals surface area contributed by atoms with Gasteiger partial charge in [0.1, 0.15) is 6.10 Å². The molecule has 2 saturated heterocycles. The van der Waals surface area contributed by atoms with Crippen LogP contribution in [0.5, 0.6) is 0 Å². The standard InChI is InChI=1S/C32H44N4O4/c1-4-39-32(38)30(34-40-20(2)3)29-31(37)36(28-12-8-7-11-27(28)33-29)26-18-23-13-14-24(19-26)35(23)25-16-21-9-5-6-10-22(15-21)17-25/h7-8,11-12,20-26H,4-6,9-10,13-19H2,1-3H3/t21?,22?,23-,24+,25?,26+. The van der Waals surface area contributed by atoms with Crippen LogP contribution < -0.4 is 5.56 Å². The van der Waals surface area contributed by atoms with Crippen LogP contribution in [0.1, 0.15) is 103 Å². The number of hydrogen-bond acceptors (Lipinski definition) is 7. The zero-order valence-corrected chi connectivity index (χ0v) is 24.3. The molecule has 6 rings (SSSR count). The van der Waals surface area contributed by atoms with Gasteiger partial charge in [-0.3, -0.25) is 9.69 Å². The Labute approximate surface area is 237 Å². The molecule has 3 heterocycles. The third kappa shape index (κ3) is 5.31. The molecule has 1 aromatic heterocycles. The van der Waals surface area contributed by atoms with Crippen LogP contribution in [0.25, 0.3) is 11.0 Å². The summed E-state index contributed by atoms with van der Waals surface area (Å²) in [5.74, 6) is 1.10. The number of aromatic nitrogens is 2. The smallest absolute Gasteiger partial charge is 0.362 e. The summed E-state index contributed by atoms with van der Waals surface area (Å²) in [7, 11) is 0. The summed E-state index contributed by atoms with van der Waals surface area (Å²) in [5.41, 5.74) is 1.03. The van der Waals surface area contributed by atoms with Crippen molar-refractivity contribution in [3.63, 3.8) is 0 Å². The number of benzene rings is 1. The first kappa shape index (κ1) is 27.4. The van der Waals surface area contributed by atoms with E-state index in [0.717, 1.165) is 30.2 Å². The van der Waals surface area contributed by atoms with Gasteiger partial charge < -0.3 is 14.1 Å². The van der Waals surface area contributed by atoms with Crippen LogP contribution in [0.15, 0.2) is 34.2 Å². The lowest BCUT2D eigenvalue weighted by atomic mass is 9.76. The first-order valence-electron chi connectivity index (χ1n) is 15.6. The molecular formula is C32H44N4O4. The second-order valence-electron chi connectivity index (χ2n) is 12.8. The number of rotatable bonds is 7. The molecule has 216 valence electrons. The minimum atomic E-state index is -0.691. The van der Waals surface area contributed by atoms with Crippen molar-refractivity contribution in [3.05, 3.63) is 40.3 Å². The average Bonchev–Trinajstić information content (AvgIpc) is 3.08. The van der Waals surface area contributed by atoms with Crippen molar-refractivity contribution in [1.82, 2.24) is 14.5 Å². The molecule has 2 unspecified atom stereocenters. The molecule has 4 aliphatic rings. The summed E-state index contributed by atoms with van der Waals surface area (Å²) in [6, 6.07) is 9.47. The normalized spacial score (nSPS) is 30.9. The predicted octanol–water partition coefficient (Wildman–Crippen LogP) is 5.62. The van der Waals surface area contributed by atoms with Crippen molar-refractivity contribution >= 4 is 22.7 Å². The molecule has 2 aromatic rings. The molecule has 2 aliphatic carbocycles. The number of para-hydroxylation sites is 2. The number of esters is 1. The Hall–Kier alpha value is -2.74. The van der Waals surface area contributed by atoms with Gasteiger partial charge in [0.25, 0.3) is 5.56 Å². The fraction of sp³-hybridized carbons (Fsp3) is 0.688. The number of fused-ring (bicyclic) bond motifs is 5. The van der Waals surface area contributed by atoms with Gasteiger partial charge in [0.05, 0.1) is 17.6 Å². The van der Waals surface area contributed by atoms with E-state index in [1.807, 2.05) is 42.7 Å². The fourth-order valence-electron chi connectivity index (χ4n) is 8.31. The van der Waals surface area contributed by atoms with Crippen molar-refractivity contribution in [2.24, 2.45) is 17.0 Å². The lowest BCUT2D eigenvalue weighted by Gasteiger charge is -2.48. The fourth-order valence-corrected chi connectivity index (χ4v) is 8.31. The summed E-state index contributed by atoms with van der Waals surface area (Å²) < 4.78 is 7.17. The van der Waals surface area contributed by atoms with E-state index in [2.05, 4.69) is 15.0 Å². The van der Waals surface area contributed by atoms with Crippen LogP contribution in [0, 0.1) is 11.8 Å². The van der Waals surface area contributed by atoms with Crippen LogP contribution in [0.2, 0.25) is 0 Å². The van der Waals surface area contributed by atoms with E-state index in [1.165, 1.54) is 57.8 Å². The Morgan fingerprint density at radius 2 is 1.62 bits per heavy atom. The Bertz CT molecular complexity index is 1290. The number of carbonyl (C=O) groups excluding carboxylic acids is 1. The molecule has 4 fully saturated rings. The lowest BCUT2D eigenvalue weighted by Crippen LogP contribution is -2.52. The van der Waals surface area contributed by atoms with Crippen LogP contribution in [-0.4, -0.2) is 57.0 Å². The monoisotopic (exact) mass is 548 g/mol. The first-order valence-corrected chi connectivity index (χ1v) is 15.6. The van der Waals surface area contributed by atoms with Gasteiger partial charge in [-0.15, -0.1) is 0 Å². The number of piperidine rings is 1. The van der Waals surface area contributed by atoms with E-state index < -0.39 is 5.97 Å². The van der Waals surface area contributed by atoms with Crippen molar-refractivity contribution in [3.8, 4) is 0 Å². The van der Waals surface area contributed by atoms with Crippen LogP contribution in [0.3, 0.4) is 0 Å². The molecule has 1 aromatic carbocycles. The maximum absolute atomic E-state index is 14.2. The zero-order valence-electron chi connectivity index (χ0n) is 24.3. The molecule has 4 bridgehead atoms. The molecule has 0 amide bonds. The second kappa shape index (κ2) is 11.6. The largest absolute Gasteiger partial charge is 0.461 e. The number of hydrogen-bond donors (Lipinski definition) is 0. The third-order valence-corrected chi connectivity index (χ3v) is 9.75.